The van der Waals surface area contributed by atoms with E-state index >= 15 is 0 Å². The molecule has 1 aromatic heterocycles. The quantitative estimate of drug-likeness (QED) is 0.679. The maximum absolute atomic E-state index is 12.8. The summed E-state index contributed by atoms with van der Waals surface area (Å²) in [5.74, 6) is -1.71. The Balaban J connectivity index is 2.15. The number of hydrogen-bond donors (Lipinski definition) is 1. The van der Waals surface area contributed by atoms with Crippen molar-refractivity contribution in [2.45, 2.75) is 12.8 Å². The zero-order valence-electron chi connectivity index (χ0n) is 12.2. The molecule has 2 aromatic carbocycles. The van der Waals surface area contributed by atoms with E-state index in [1.54, 1.807) is 37.3 Å². The van der Waals surface area contributed by atoms with Crippen LogP contribution in [0.4, 0.5) is 0 Å². The molecule has 0 aliphatic heterocycles. The lowest BCUT2D eigenvalue weighted by atomic mass is 9.94. The summed E-state index contributed by atoms with van der Waals surface area (Å²) >= 11 is 7.34. The first-order valence-corrected chi connectivity index (χ1v) is 8.27. The van der Waals surface area contributed by atoms with Gasteiger partial charge < -0.3 is 5.11 Å². The van der Waals surface area contributed by atoms with Crippen molar-refractivity contribution in [1.29, 1.82) is 0 Å². The van der Waals surface area contributed by atoms with Gasteiger partial charge in [0.15, 0.2) is 5.78 Å². The van der Waals surface area contributed by atoms with Crippen LogP contribution in [0.25, 0.3) is 10.1 Å². The number of rotatable bonds is 4. The number of aliphatic carboxylic acids is 1. The average molecular weight is 345 g/mol. The lowest BCUT2D eigenvalue weighted by Gasteiger charge is -2.10. The topological polar surface area (TPSA) is 54.4 Å². The van der Waals surface area contributed by atoms with E-state index in [1.165, 1.54) is 11.3 Å². The Bertz CT molecular complexity index is 896. The highest BCUT2D eigenvalue weighted by Gasteiger charge is 2.20. The first-order chi connectivity index (χ1) is 11.0. The van der Waals surface area contributed by atoms with Crippen LogP contribution >= 0.6 is 22.9 Å². The minimum absolute atomic E-state index is 0.131. The Labute approximate surface area is 142 Å². The predicted molar refractivity (Wildman–Crippen MR) is 92.8 cm³/mol. The van der Waals surface area contributed by atoms with Gasteiger partial charge in [-0.2, -0.15) is 0 Å². The number of halogens is 1. The Hall–Kier alpha value is -2.17. The highest BCUT2D eigenvalue weighted by Crippen LogP contribution is 2.31. The van der Waals surface area contributed by atoms with Crippen LogP contribution in [-0.2, 0) is 4.79 Å². The monoisotopic (exact) mass is 344 g/mol. The normalized spacial score (nSPS) is 12.3. The molecule has 0 amide bonds. The fourth-order valence-corrected chi connectivity index (χ4v) is 3.44. The van der Waals surface area contributed by atoms with E-state index in [9.17, 15) is 14.7 Å². The second-order valence-corrected chi connectivity index (χ2v) is 6.66. The summed E-state index contributed by atoms with van der Waals surface area (Å²) in [6, 6.07) is 12.1. The Morgan fingerprint density at radius 3 is 2.48 bits per heavy atom. The molecular formula is C18H13ClO3S. The van der Waals surface area contributed by atoms with E-state index in [-0.39, 0.29) is 5.78 Å². The molecule has 0 fully saturated rings. The maximum atomic E-state index is 12.8. The zero-order chi connectivity index (χ0) is 16.6. The summed E-state index contributed by atoms with van der Waals surface area (Å²) in [5.41, 5.74) is 1.69. The number of benzene rings is 2. The minimum Gasteiger partial charge on any atom is -0.481 e. The molecule has 23 heavy (non-hydrogen) atoms. The standard InChI is InChI=1S/C18H13ClO3S/c1-10(18(21)22)13-8-12-6-7-23-17(12)15(9-13)16(20)11-2-4-14(19)5-3-11/h2-10H,1H3,(H,21,22). The number of thiophene rings is 1. The summed E-state index contributed by atoms with van der Waals surface area (Å²) in [7, 11) is 0. The maximum Gasteiger partial charge on any atom is 0.310 e. The van der Waals surface area contributed by atoms with Crippen molar-refractivity contribution in [1.82, 2.24) is 0 Å². The number of carbonyl (C=O) groups excluding carboxylic acids is 1. The Morgan fingerprint density at radius 1 is 1.13 bits per heavy atom. The van der Waals surface area contributed by atoms with Crippen LogP contribution in [0.5, 0.6) is 0 Å². The van der Waals surface area contributed by atoms with E-state index in [2.05, 4.69) is 0 Å². The van der Waals surface area contributed by atoms with Crippen molar-refractivity contribution < 1.29 is 14.7 Å². The average Bonchev–Trinajstić information content (AvgIpc) is 3.01. The van der Waals surface area contributed by atoms with Crippen LogP contribution < -0.4 is 0 Å². The lowest BCUT2D eigenvalue weighted by Crippen LogP contribution is -2.09. The van der Waals surface area contributed by atoms with Gasteiger partial charge in [-0.1, -0.05) is 11.6 Å². The third-order valence-electron chi connectivity index (χ3n) is 3.79. The summed E-state index contributed by atoms with van der Waals surface area (Å²) in [5, 5.41) is 12.6. The molecule has 0 radical (unpaired) electrons. The second-order valence-electron chi connectivity index (χ2n) is 5.30. The van der Waals surface area contributed by atoms with Crippen molar-refractivity contribution in [3.05, 3.63) is 69.6 Å². The molecule has 116 valence electrons. The molecule has 1 atom stereocenters. The zero-order valence-corrected chi connectivity index (χ0v) is 13.8. The van der Waals surface area contributed by atoms with Gasteiger partial charge in [-0.05, 0) is 65.7 Å². The van der Waals surface area contributed by atoms with Crippen LogP contribution in [0, 0.1) is 0 Å². The largest absolute Gasteiger partial charge is 0.481 e. The van der Waals surface area contributed by atoms with Crippen LogP contribution in [0.15, 0.2) is 47.8 Å². The molecule has 0 saturated heterocycles. The fraction of sp³-hybridized carbons (Fsp3) is 0.111. The number of hydrogen-bond acceptors (Lipinski definition) is 3. The van der Waals surface area contributed by atoms with Crippen molar-refractivity contribution in [2.75, 3.05) is 0 Å². The smallest absolute Gasteiger partial charge is 0.310 e. The SMILES string of the molecule is CC(C(=O)O)c1cc(C(=O)c2ccc(Cl)cc2)c2sccc2c1. The van der Waals surface area contributed by atoms with E-state index in [0.29, 0.717) is 21.7 Å². The highest BCUT2D eigenvalue weighted by molar-refractivity contribution is 7.17. The van der Waals surface area contributed by atoms with Gasteiger partial charge in [-0.15, -0.1) is 11.3 Å². The van der Waals surface area contributed by atoms with Gasteiger partial charge in [0, 0.05) is 20.8 Å². The van der Waals surface area contributed by atoms with Gasteiger partial charge >= 0.3 is 5.97 Å². The van der Waals surface area contributed by atoms with Gasteiger partial charge in [0.05, 0.1) is 5.92 Å². The molecule has 0 bridgehead atoms. The first kappa shape index (κ1) is 15.7. The molecule has 0 aliphatic carbocycles. The minimum atomic E-state index is -0.913. The fourth-order valence-electron chi connectivity index (χ4n) is 2.42. The molecule has 0 spiro atoms. The van der Waals surface area contributed by atoms with E-state index < -0.39 is 11.9 Å². The molecule has 1 N–H and O–H groups in total. The number of carboxylic acids is 1. The van der Waals surface area contributed by atoms with Gasteiger partial charge in [0.25, 0.3) is 0 Å². The number of carboxylic acid groups (broad SMARTS) is 1. The van der Waals surface area contributed by atoms with E-state index in [0.717, 1.165) is 10.1 Å². The molecule has 0 aliphatic rings. The number of carbonyl (C=O) groups is 2. The summed E-state index contributed by atoms with van der Waals surface area (Å²) in [4.78, 5) is 24.1. The molecule has 0 saturated carbocycles. The molecule has 3 aromatic rings. The molecular weight excluding hydrogens is 332 g/mol. The van der Waals surface area contributed by atoms with Crippen LogP contribution in [-0.4, -0.2) is 16.9 Å². The lowest BCUT2D eigenvalue weighted by molar-refractivity contribution is -0.138. The third kappa shape index (κ3) is 3.00. The molecule has 1 heterocycles. The summed E-state index contributed by atoms with van der Waals surface area (Å²) in [6.45, 7) is 1.62. The van der Waals surface area contributed by atoms with Gasteiger partial charge in [0.2, 0.25) is 0 Å². The van der Waals surface area contributed by atoms with E-state index in [1.807, 2.05) is 17.5 Å². The van der Waals surface area contributed by atoms with Crippen LogP contribution in [0.3, 0.4) is 0 Å². The number of ketones is 1. The van der Waals surface area contributed by atoms with Crippen molar-refractivity contribution in [2.24, 2.45) is 0 Å². The van der Waals surface area contributed by atoms with Gasteiger partial charge in [-0.3, -0.25) is 9.59 Å². The Kier molecular flexibility index (Phi) is 4.20. The van der Waals surface area contributed by atoms with Crippen molar-refractivity contribution >= 4 is 44.8 Å². The first-order valence-electron chi connectivity index (χ1n) is 7.01. The number of fused-ring (bicyclic) bond motifs is 1. The second kappa shape index (κ2) is 6.14. The predicted octanol–water partition coefficient (Wildman–Crippen LogP) is 4.97. The molecule has 3 rings (SSSR count). The highest BCUT2D eigenvalue weighted by atomic mass is 35.5. The summed E-state index contributed by atoms with van der Waals surface area (Å²) < 4.78 is 0.867. The summed E-state index contributed by atoms with van der Waals surface area (Å²) in [6.07, 6.45) is 0. The third-order valence-corrected chi connectivity index (χ3v) is 5.01. The van der Waals surface area contributed by atoms with Crippen LogP contribution in [0.2, 0.25) is 5.02 Å². The molecule has 5 heteroatoms. The van der Waals surface area contributed by atoms with Crippen molar-refractivity contribution in [3.63, 3.8) is 0 Å². The molecule has 1 unspecified atom stereocenters. The van der Waals surface area contributed by atoms with E-state index in [4.69, 9.17) is 11.6 Å². The Morgan fingerprint density at radius 2 is 1.83 bits per heavy atom. The van der Waals surface area contributed by atoms with Crippen LogP contribution in [0.1, 0.15) is 34.3 Å². The van der Waals surface area contributed by atoms with Crippen molar-refractivity contribution in [3.8, 4) is 0 Å². The molecule has 3 nitrogen and oxygen atoms in total. The van der Waals surface area contributed by atoms with Gasteiger partial charge in [-0.25, -0.2) is 0 Å². The van der Waals surface area contributed by atoms with Gasteiger partial charge in [0.1, 0.15) is 0 Å².